The van der Waals surface area contributed by atoms with Gasteiger partial charge in [-0.3, -0.25) is 0 Å². The summed E-state index contributed by atoms with van der Waals surface area (Å²) in [4.78, 5) is 4.76. The summed E-state index contributed by atoms with van der Waals surface area (Å²) in [5.41, 5.74) is 2.80. The number of halogens is 1. The number of nitrogens with zero attached hydrogens (tertiary/aromatic N) is 1. The second-order valence-electron chi connectivity index (χ2n) is 6.98. The molecule has 0 aromatic heterocycles. The number of rotatable bonds is 6. The molecule has 144 valence electrons. The molecule has 3 heteroatoms. The Balaban J connectivity index is 1.98. The predicted octanol–water partition coefficient (Wildman–Crippen LogP) is 6.92. The van der Waals surface area contributed by atoms with Crippen LogP contribution in [0.4, 0.5) is 0 Å². The molecule has 0 saturated carbocycles. The SMILES string of the molecule is CN/C(C/C1=C/C=C\C=C/CC1)=N\C(Br)=C/C(C)CC1=C/CC/C=C/C=C\1. The first-order chi connectivity index (χ1) is 13.2. The van der Waals surface area contributed by atoms with Crippen LogP contribution in [0, 0.1) is 5.92 Å². The van der Waals surface area contributed by atoms with E-state index in [0.29, 0.717) is 5.92 Å². The van der Waals surface area contributed by atoms with E-state index in [-0.39, 0.29) is 0 Å². The molecular formula is C24H31BrN2. The van der Waals surface area contributed by atoms with Crippen molar-refractivity contribution in [3.8, 4) is 0 Å². The van der Waals surface area contributed by atoms with Gasteiger partial charge in [0.15, 0.2) is 0 Å². The molecule has 0 fully saturated rings. The number of hydrogen-bond acceptors (Lipinski definition) is 1. The molecule has 2 rings (SSSR count). The number of hydrogen-bond donors (Lipinski definition) is 1. The van der Waals surface area contributed by atoms with Crippen LogP contribution in [0.1, 0.15) is 45.4 Å². The number of nitrogens with one attached hydrogen (secondary N) is 1. The fourth-order valence-corrected chi connectivity index (χ4v) is 3.76. The Hall–Kier alpha value is -1.87. The molecule has 0 aliphatic heterocycles. The van der Waals surface area contributed by atoms with E-state index in [0.717, 1.165) is 49.0 Å². The van der Waals surface area contributed by atoms with Crippen LogP contribution in [-0.2, 0) is 0 Å². The smallest absolute Gasteiger partial charge is 0.107 e. The van der Waals surface area contributed by atoms with Crippen LogP contribution in [-0.4, -0.2) is 12.9 Å². The summed E-state index contributed by atoms with van der Waals surface area (Å²) in [6, 6.07) is 0. The third-order valence-electron chi connectivity index (χ3n) is 4.52. The molecular weight excluding hydrogens is 396 g/mol. The molecule has 0 radical (unpaired) electrons. The van der Waals surface area contributed by atoms with Gasteiger partial charge in [-0.2, -0.15) is 0 Å². The van der Waals surface area contributed by atoms with Crippen LogP contribution in [0.3, 0.4) is 0 Å². The molecule has 0 spiro atoms. The van der Waals surface area contributed by atoms with Crippen molar-refractivity contribution in [1.29, 1.82) is 0 Å². The van der Waals surface area contributed by atoms with Gasteiger partial charge in [-0.05, 0) is 60.0 Å². The molecule has 0 aromatic carbocycles. The maximum absolute atomic E-state index is 4.76. The molecule has 1 unspecified atom stereocenters. The Morgan fingerprint density at radius 1 is 1.15 bits per heavy atom. The monoisotopic (exact) mass is 426 g/mol. The summed E-state index contributed by atoms with van der Waals surface area (Å²) < 4.78 is 0.900. The standard InChI is InChI=1S/C24H31BrN2/c1-20(17-21-13-9-5-3-6-10-14-21)18-23(25)27-24(26-2)19-22-15-11-7-4-8-12-16-22/h3-5,7-9,11,13-15,18,20H,6,10,12,16-17,19H2,1-2H3,(H,26,27)/b5-3+,8-4-,11-7-,13-9-,21-14+,22-15+,23-18-. The van der Waals surface area contributed by atoms with E-state index in [1.807, 2.05) is 7.05 Å². The molecule has 0 bridgehead atoms. The van der Waals surface area contributed by atoms with Gasteiger partial charge >= 0.3 is 0 Å². The minimum atomic E-state index is 0.425. The zero-order chi connectivity index (χ0) is 19.3. The second kappa shape index (κ2) is 12.5. The van der Waals surface area contributed by atoms with Crippen molar-refractivity contribution in [2.24, 2.45) is 10.9 Å². The van der Waals surface area contributed by atoms with Crippen molar-refractivity contribution in [3.05, 3.63) is 82.6 Å². The molecule has 0 saturated heterocycles. The number of amidine groups is 1. The van der Waals surface area contributed by atoms with E-state index in [1.54, 1.807) is 0 Å². The molecule has 27 heavy (non-hydrogen) atoms. The second-order valence-corrected chi connectivity index (χ2v) is 7.79. The summed E-state index contributed by atoms with van der Waals surface area (Å²) >= 11 is 3.65. The van der Waals surface area contributed by atoms with Gasteiger partial charge in [-0.15, -0.1) is 0 Å². The first kappa shape index (κ1) is 21.4. The predicted molar refractivity (Wildman–Crippen MR) is 123 cm³/mol. The highest BCUT2D eigenvalue weighted by molar-refractivity contribution is 9.11. The fourth-order valence-electron chi connectivity index (χ4n) is 3.10. The van der Waals surface area contributed by atoms with Gasteiger partial charge in [0.05, 0.1) is 0 Å². The van der Waals surface area contributed by atoms with E-state index in [9.17, 15) is 0 Å². The van der Waals surface area contributed by atoms with Gasteiger partial charge < -0.3 is 5.32 Å². The van der Waals surface area contributed by atoms with Crippen molar-refractivity contribution in [1.82, 2.24) is 5.32 Å². The van der Waals surface area contributed by atoms with Crippen LogP contribution in [0.5, 0.6) is 0 Å². The maximum atomic E-state index is 4.76. The van der Waals surface area contributed by atoms with Crippen molar-refractivity contribution in [2.45, 2.75) is 45.4 Å². The highest BCUT2D eigenvalue weighted by Crippen LogP contribution is 2.21. The molecule has 2 aliphatic rings. The van der Waals surface area contributed by atoms with E-state index in [1.165, 1.54) is 11.1 Å². The van der Waals surface area contributed by atoms with E-state index < -0.39 is 0 Å². The maximum Gasteiger partial charge on any atom is 0.107 e. The lowest BCUT2D eigenvalue weighted by molar-refractivity contribution is 0.720. The highest BCUT2D eigenvalue weighted by atomic mass is 79.9. The molecule has 1 atom stereocenters. The van der Waals surface area contributed by atoms with Gasteiger partial charge in [0.25, 0.3) is 0 Å². The molecule has 1 N–H and O–H groups in total. The van der Waals surface area contributed by atoms with Crippen molar-refractivity contribution in [3.63, 3.8) is 0 Å². The van der Waals surface area contributed by atoms with E-state index in [2.05, 4.69) is 95.0 Å². The highest BCUT2D eigenvalue weighted by Gasteiger charge is 2.06. The van der Waals surface area contributed by atoms with Crippen LogP contribution in [0.25, 0.3) is 0 Å². The van der Waals surface area contributed by atoms with Crippen LogP contribution < -0.4 is 5.32 Å². The Bertz CT molecular complexity index is 715. The van der Waals surface area contributed by atoms with E-state index in [4.69, 9.17) is 4.99 Å². The normalized spacial score (nSPS) is 28.1. The summed E-state index contributed by atoms with van der Waals surface area (Å²) in [6.07, 6.45) is 30.3. The first-order valence-electron chi connectivity index (χ1n) is 9.83. The lowest BCUT2D eigenvalue weighted by Crippen LogP contribution is -2.19. The molecule has 0 amide bonds. The van der Waals surface area contributed by atoms with Crippen LogP contribution >= 0.6 is 15.9 Å². The molecule has 2 aliphatic carbocycles. The van der Waals surface area contributed by atoms with Gasteiger partial charge in [-0.1, -0.05) is 78.8 Å². The largest absolute Gasteiger partial charge is 0.376 e. The van der Waals surface area contributed by atoms with E-state index >= 15 is 0 Å². The average Bonchev–Trinajstić information content (AvgIpc) is 2.58. The van der Waals surface area contributed by atoms with Gasteiger partial charge in [0.1, 0.15) is 10.4 Å². The topological polar surface area (TPSA) is 24.4 Å². The molecule has 2 nitrogen and oxygen atoms in total. The summed E-state index contributed by atoms with van der Waals surface area (Å²) in [7, 11) is 1.94. The molecule has 0 heterocycles. The Kier molecular flexibility index (Phi) is 9.93. The Morgan fingerprint density at radius 3 is 2.81 bits per heavy atom. The fraction of sp³-hybridized carbons (Fsp3) is 0.375. The minimum absolute atomic E-state index is 0.425. The van der Waals surface area contributed by atoms with Crippen LogP contribution in [0.2, 0.25) is 0 Å². The van der Waals surface area contributed by atoms with Crippen molar-refractivity contribution >= 4 is 21.8 Å². The zero-order valence-electron chi connectivity index (χ0n) is 16.5. The summed E-state index contributed by atoms with van der Waals surface area (Å²) in [6.45, 7) is 2.24. The van der Waals surface area contributed by atoms with Gasteiger partial charge in [0.2, 0.25) is 0 Å². The quantitative estimate of drug-likeness (QED) is 0.278. The Morgan fingerprint density at radius 2 is 1.96 bits per heavy atom. The van der Waals surface area contributed by atoms with Gasteiger partial charge in [0, 0.05) is 13.5 Å². The summed E-state index contributed by atoms with van der Waals surface area (Å²) in [5, 5.41) is 3.25. The van der Waals surface area contributed by atoms with Crippen LogP contribution in [0.15, 0.2) is 87.6 Å². The van der Waals surface area contributed by atoms with Crippen molar-refractivity contribution < 1.29 is 0 Å². The summed E-state index contributed by atoms with van der Waals surface area (Å²) in [5.74, 6) is 1.42. The lowest BCUT2D eigenvalue weighted by atomic mass is 9.98. The number of aliphatic imine (C=N–C) groups is 1. The van der Waals surface area contributed by atoms with Gasteiger partial charge in [-0.25, -0.2) is 4.99 Å². The lowest BCUT2D eigenvalue weighted by Gasteiger charge is -2.11. The Labute approximate surface area is 173 Å². The zero-order valence-corrected chi connectivity index (χ0v) is 18.1. The average molecular weight is 427 g/mol. The minimum Gasteiger partial charge on any atom is -0.376 e. The molecule has 0 aromatic rings. The first-order valence-corrected chi connectivity index (χ1v) is 10.6. The third-order valence-corrected chi connectivity index (χ3v) is 4.97. The third kappa shape index (κ3) is 9.05. The number of allylic oxidation sites excluding steroid dienone is 12. The van der Waals surface area contributed by atoms with Crippen molar-refractivity contribution in [2.75, 3.05) is 7.05 Å².